The quantitative estimate of drug-likeness (QED) is 0.556. The van der Waals surface area contributed by atoms with Gasteiger partial charge in [0.1, 0.15) is 5.82 Å². The van der Waals surface area contributed by atoms with Gasteiger partial charge in [0.25, 0.3) is 0 Å². The number of fused-ring (bicyclic) bond motifs is 1. The highest BCUT2D eigenvalue weighted by atomic mass is 35.5. The number of carbonyl (C=O) groups excluding carboxylic acids is 1. The second-order valence-corrected chi connectivity index (χ2v) is 9.32. The van der Waals surface area contributed by atoms with Gasteiger partial charge in [-0.15, -0.1) is 11.3 Å². The molecule has 0 aliphatic rings. The first-order valence-electron chi connectivity index (χ1n) is 8.68. The van der Waals surface area contributed by atoms with Crippen molar-refractivity contribution < 1.29 is 4.79 Å². The van der Waals surface area contributed by atoms with Gasteiger partial charge in [-0.1, -0.05) is 43.6 Å². The molecule has 0 saturated heterocycles. The molecule has 0 bridgehead atoms. The average Bonchev–Trinajstić information content (AvgIpc) is 2.99. The monoisotopic (exact) mass is 386 g/mol. The van der Waals surface area contributed by atoms with Crippen LogP contribution in [-0.4, -0.2) is 10.8 Å². The van der Waals surface area contributed by atoms with E-state index in [0.717, 1.165) is 17.2 Å². The van der Waals surface area contributed by atoms with E-state index in [1.807, 2.05) is 26.0 Å². The Morgan fingerprint density at radius 3 is 2.58 bits per heavy atom. The van der Waals surface area contributed by atoms with Gasteiger partial charge in [0.2, 0.25) is 0 Å². The Labute approximate surface area is 163 Å². The molecule has 0 saturated carbocycles. The fraction of sp³-hybridized carbons (Fsp3) is 0.333. The van der Waals surface area contributed by atoms with E-state index in [1.165, 1.54) is 16.9 Å². The summed E-state index contributed by atoms with van der Waals surface area (Å²) < 4.78 is 0.605. The third-order valence-electron chi connectivity index (χ3n) is 4.57. The topological polar surface area (TPSA) is 56.0 Å². The summed E-state index contributed by atoms with van der Waals surface area (Å²) in [5.74, 6) is 1.03. The number of halogens is 1. The van der Waals surface area contributed by atoms with Gasteiger partial charge in [-0.3, -0.25) is 4.79 Å². The molecule has 2 N–H and O–H groups in total. The maximum Gasteiger partial charge on any atom is 0.184 e. The predicted molar refractivity (Wildman–Crippen MR) is 111 cm³/mol. The number of ketones is 1. The Hall–Kier alpha value is -1.91. The summed E-state index contributed by atoms with van der Waals surface area (Å²) in [5, 5.41) is 1.94. The number of nitrogens with zero attached hydrogens (tertiary/aromatic N) is 1. The van der Waals surface area contributed by atoms with Gasteiger partial charge in [0.15, 0.2) is 5.78 Å². The predicted octanol–water partition coefficient (Wildman–Crippen LogP) is 5.89. The number of rotatable bonds is 5. The Kier molecular flexibility index (Phi) is 5.09. The number of hydrogen-bond acceptors (Lipinski definition) is 4. The Morgan fingerprint density at radius 1 is 1.23 bits per heavy atom. The van der Waals surface area contributed by atoms with Crippen LogP contribution in [0.3, 0.4) is 0 Å². The molecule has 0 aliphatic heterocycles. The normalized spacial score (nSPS) is 12.1. The molecule has 3 aromatic rings. The third kappa shape index (κ3) is 3.62. The molecule has 0 fully saturated rings. The Balaban J connectivity index is 2.07. The van der Waals surface area contributed by atoms with Crippen molar-refractivity contribution in [3.05, 3.63) is 56.9 Å². The van der Waals surface area contributed by atoms with Crippen LogP contribution in [0, 0.1) is 5.92 Å². The van der Waals surface area contributed by atoms with Crippen LogP contribution >= 0.6 is 22.9 Å². The van der Waals surface area contributed by atoms with Crippen LogP contribution in [0.5, 0.6) is 0 Å². The lowest BCUT2D eigenvalue weighted by molar-refractivity contribution is 0.0910. The molecular formula is C21H23ClN2OS. The van der Waals surface area contributed by atoms with E-state index in [1.54, 1.807) is 12.1 Å². The number of hydrogen-bond donors (Lipinski definition) is 1. The van der Waals surface area contributed by atoms with Gasteiger partial charge in [0.05, 0.1) is 20.3 Å². The Morgan fingerprint density at radius 2 is 1.96 bits per heavy atom. The largest absolute Gasteiger partial charge is 0.383 e. The van der Waals surface area contributed by atoms with Crippen molar-refractivity contribution in [2.45, 2.75) is 39.5 Å². The van der Waals surface area contributed by atoms with Crippen LogP contribution in [0.4, 0.5) is 5.82 Å². The van der Waals surface area contributed by atoms with E-state index in [0.29, 0.717) is 26.6 Å². The van der Waals surface area contributed by atoms with Crippen LogP contribution < -0.4 is 5.73 Å². The number of anilines is 1. The lowest BCUT2D eigenvalue weighted by Gasteiger charge is -2.23. The number of pyridine rings is 1. The summed E-state index contributed by atoms with van der Waals surface area (Å²) in [6.07, 6.45) is 1.00. The van der Waals surface area contributed by atoms with Gasteiger partial charge in [-0.25, -0.2) is 4.98 Å². The number of carbonyl (C=O) groups is 1. The van der Waals surface area contributed by atoms with E-state index in [2.05, 4.69) is 31.0 Å². The highest BCUT2D eigenvalue weighted by Crippen LogP contribution is 2.34. The number of aromatic nitrogens is 1. The zero-order valence-corrected chi connectivity index (χ0v) is 17.0. The molecule has 3 nitrogen and oxygen atoms in total. The number of benzene rings is 1. The number of thiophene rings is 1. The van der Waals surface area contributed by atoms with Crippen molar-refractivity contribution in [2.24, 2.45) is 5.92 Å². The van der Waals surface area contributed by atoms with Crippen molar-refractivity contribution in [1.29, 1.82) is 0 Å². The van der Waals surface area contributed by atoms with Crippen molar-refractivity contribution in [2.75, 3.05) is 5.73 Å². The number of nitrogen functional groups attached to an aromatic ring is 1. The van der Waals surface area contributed by atoms with Crippen LogP contribution in [-0.2, 0) is 11.8 Å². The van der Waals surface area contributed by atoms with Gasteiger partial charge in [0, 0.05) is 5.39 Å². The minimum absolute atomic E-state index is 0.000940. The molecule has 0 amide bonds. The third-order valence-corrected chi connectivity index (χ3v) is 5.80. The first-order chi connectivity index (χ1) is 12.2. The Bertz CT molecular complexity index is 975. The molecule has 0 aliphatic carbocycles. The first-order valence-corrected chi connectivity index (χ1v) is 9.87. The van der Waals surface area contributed by atoms with Gasteiger partial charge >= 0.3 is 0 Å². The molecule has 0 unspecified atom stereocenters. The summed E-state index contributed by atoms with van der Waals surface area (Å²) in [6.45, 7) is 8.16. The molecule has 0 spiro atoms. The maximum atomic E-state index is 13.0. The second kappa shape index (κ2) is 7.01. The van der Waals surface area contributed by atoms with Crippen LogP contribution in [0.25, 0.3) is 10.8 Å². The van der Waals surface area contributed by atoms with Crippen LogP contribution in [0.2, 0.25) is 4.34 Å². The minimum Gasteiger partial charge on any atom is -0.383 e. The lowest BCUT2D eigenvalue weighted by Crippen LogP contribution is -2.30. The minimum atomic E-state index is -0.787. The molecule has 1 aromatic carbocycles. The van der Waals surface area contributed by atoms with E-state index >= 15 is 0 Å². The second-order valence-electron chi connectivity index (χ2n) is 7.60. The molecule has 2 heterocycles. The van der Waals surface area contributed by atoms with E-state index in [4.69, 9.17) is 17.3 Å². The fourth-order valence-corrected chi connectivity index (χ4v) is 4.26. The molecule has 3 rings (SSSR count). The van der Waals surface area contributed by atoms with E-state index in [9.17, 15) is 4.79 Å². The summed E-state index contributed by atoms with van der Waals surface area (Å²) in [5.41, 5.74) is 7.36. The van der Waals surface area contributed by atoms with Crippen LogP contribution in [0.15, 0.2) is 36.4 Å². The van der Waals surface area contributed by atoms with Crippen LogP contribution in [0.1, 0.15) is 48.6 Å². The standard InChI is InChI=1S/C21H23ClN2OS/c1-12(2)9-13-5-6-15-14(10-13)11-17(24-20(15)23)21(3,4)19(25)16-7-8-18(22)26-16/h5-8,10-12H,9H2,1-4H3,(H2,23,24). The van der Waals surface area contributed by atoms with Gasteiger partial charge in [-0.05, 0) is 55.3 Å². The highest BCUT2D eigenvalue weighted by Gasteiger charge is 2.33. The summed E-state index contributed by atoms with van der Waals surface area (Å²) in [4.78, 5) is 18.2. The van der Waals surface area contributed by atoms with Crippen molar-refractivity contribution in [1.82, 2.24) is 4.98 Å². The van der Waals surface area contributed by atoms with Crippen molar-refractivity contribution >= 4 is 45.3 Å². The van der Waals surface area contributed by atoms with E-state index in [-0.39, 0.29) is 5.78 Å². The van der Waals surface area contributed by atoms with Crippen molar-refractivity contribution in [3.8, 4) is 0 Å². The molecule has 2 aromatic heterocycles. The van der Waals surface area contributed by atoms with E-state index < -0.39 is 5.41 Å². The zero-order chi connectivity index (χ0) is 19.1. The molecule has 26 heavy (non-hydrogen) atoms. The molecule has 0 atom stereocenters. The fourth-order valence-electron chi connectivity index (χ4n) is 3.11. The van der Waals surface area contributed by atoms with Gasteiger partial charge in [-0.2, -0.15) is 0 Å². The maximum absolute atomic E-state index is 13.0. The molecular weight excluding hydrogens is 364 g/mol. The highest BCUT2D eigenvalue weighted by molar-refractivity contribution is 7.18. The zero-order valence-electron chi connectivity index (χ0n) is 15.5. The molecule has 0 radical (unpaired) electrons. The smallest absolute Gasteiger partial charge is 0.184 e. The van der Waals surface area contributed by atoms with Gasteiger partial charge < -0.3 is 5.73 Å². The number of nitrogens with two attached hydrogens (primary N) is 1. The molecule has 136 valence electrons. The molecule has 5 heteroatoms. The first kappa shape index (κ1) is 18.9. The lowest BCUT2D eigenvalue weighted by atomic mass is 9.82. The summed E-state index contributed by atoms with van der Waals surface area (Å²) >= 11 is 7.28. The van der Waals surface area contributed by atoms with Crippen molar-refractivity contribution in [3.63, 3.8) is 0 Å². The summed E-state index contributed by atoms with van der Waals surface area (Å²) in [6, 6.07) is 11.8. The average molecular weight is 387 g/mol. The number of Topliss-reactive ketones (excluding diaryl/α,β-unsaturated/α-hetero) is 1. The summed E-state index contributed by atoms with van der Waals surface area (Å²) in [7, 11) is 0. The SMILES string of the molecule is CC(C)Cc1ccc2c(N)nc(C(C)(C)C(=O)c3ccc(Cl)s3)cc2c1.